The van der Waals surface area contributed by atoms with E-state index >= 15 is 4.39 Å². The van der Waals surface area contributed by atoms with E-state index in [0.29, 0.717) is 36.0 Å². The first-order valence-corrected chi connectivity index (χ1v) is 14.1. The summed E-state index contributed by atoms with van der Waals surface area (Å²) in [4.78, 5) is 28.0. The number of allylic oxidation sites excluding steroid dienone is 3. The number of aliphatic hydroxyl groups excluding tert-OH is 1. The summed E-state index contributed by atoms with van der Waals surface area (Å²) in [5.41, 5.74) is 1.18. The van der Waals surface area contributed by atoms with Crippen molar-refractivity contribution in [3.63, 3.8) is 0 Å². The monoisotopic (exact) mass is 504 g/mol. The number of fused-ring (bicyclic) bond motifs is 1. The Morgan fingerprint density at radius 3 is 2.62 bits per heavy atom. The highest BCUT2D eigenvalue weighted by Gasteiger charge is 2.41. The lowest BCUT2D eigenvalue weighted by Crippen LogP contribution is -2.49. The maximum Gasteiger partial charge on any atom is 0.238 e. The number of rotatable bonds is 4. The van der Waals surface area contributed by atoms with Crippen LogP contribution in [0.15, 0.2) is 57.9 Å². The maximum atomic E-state index is 15.1. The molecule has 2 heterocycles. The lowest BCUT2D eigenvalue weighted by Gasteiger charge is -2.43. The Hall–Kier alpha value is -2.96. The molecule has 2 aliphatic heterocycles. The molecule has 5 aliphatic rings. The summed E-state index contributed by atoms with van der Waals surface area (Å²) in [5, 5.41) is 10.2. The molecule has 0 spiro atoms. The molecule has 0 aromatic heterocycles. The van der Waals surface area contributed by atoms with E-state index in [1.54, 1.807) is 24.4 Å². The van der Waals surface area contributed by atoms with Crippen LogP contribution >= 0.6 is 0 Å². The molecular formula is C30H37FN4O2. The van der Waals surface area contributed by atoms with Gasteiger partial charge in [-0.3, -0.25) is 4.79 Å². The standard InChI is InChI=1S/C30H37FN4O2/c31-27-14-4-3-13-25(27)28-26(29(37)35(22-9-5-10-22)23-11-6-12-24(36)17-23)18-32-30(33-28)34-16-15-20-7-1-2-8-21(20)19-34/h3-4,11,13-14,17-18,20-22,26,28,36H,1-2,5-10,12,15-16,19H2. The number of hydrogen-bond donors (Lipinski definition) is 1. The van der Waals surface area contributed by atoms with Gasteiger partial charge in [-0.15, -0.1) is 0 Å². The minimum atomic E-state index is -0.702. The van der Waals surface area contributed by atoms with E-state index in [-0.39, 0.29) is 17.8 Å². The van der Waals surface area contributed by atoms with Gasteiger partial charge < -0.3 is 14.9 Å². The third-order valence-electron chi connectivity index (χ3n) is 9.05. The third-order valence-corrected chi connectivity index (χ3v) is 9.05. The second-order valence-electron chi connectivity index (χ2n) is 11.3. The minimum absolute atomic E-state index is 0.0891. The first-order chi connectivity index (χ1) is 18.1. The number of carbonyl (C=O) groups excluding carboxylic acids is 1. The van der Waals surface area contributed by atoms with Crippen molar-refractivity contribution in [2.24, 2.45) is 27.7 Å². The van der Waals surface area contributed by atoms with E-state index in [1.165, 1.54) is 31.7 Å². The fraction of sp³-hybridized carbons (Fsp3) is 0.567. The molecule has 2 saturated carbocycles. The van der Waals surface area contributed by atoms with Crippen LogP contribution in [0, 0.1) is 23.6 Å². The van der Waals surface area contributed by atoms with Gasteiger partial charge in [-0.05, 0) is 62.5 Å². The van der Waals surface area contributed by atoms with Crippen LogP contribution in [0.5, 0.6) is 0 Å². The molecule has 1 aromatic rings. The van der Waals surface area contributed by atoms with Gasteiger partial charge in [0.25, 0.3) is 0 Å². The molecule has 3 aliphatic carbocycles. The molecule has 3 fully saturated rings. The van der Waals surface area contributed by atoms with Gasteiger partial charge in [0.15, 0.2) is 0 Å². The number of carbonyl (C=O) groups is 1. The highest BCUT2D eigenvalue weighted by atomic mass is 19.1. The summed E-state index contributed by atoms with van der Waals surface area (Å²) >= 11 is 0. The number of nitrogens with zero attached hydrogens (tertiary/aromatic N) is 4. The highest BCUT2D eigenvalue weighted by molar-refractivity contribution is 6.02. The van der Waals surface area contributed by atoms with Crippen molar-refractivity contribution in [3.05, 3.63) is 59.3 Å². The summed E-state index contributed by atoms with van der Waals surface area (Å²) in [6.45, 7) is 1.85. The van der Waals surface area contributed by atoms with Crippen LogP contribution < -0.4 is 0 Å². The normalized spacial score (nSPS) is 30.0. The summed E-state index contributed by atoms with van der Waals surface area (Å²) in [7, 11) is 0. The first kappa shape index (κ1) is 24.4. The van der Waals surface area contributed by atoms with Crippen molar-refractivity contribution in [2.45, 2.75) is 76.3 Å². The number of aliphatic imine (C=N–C) groups is 2. The quantitative estimate of drug-likeness (QED) is 0.552. The molecule has 4 unspecified atom stereocenters. The van der Waals surface area contributed by atoms with E-state index in [2.05, 4.69) is 4.90 Å². The zero-order valence-electron chi connectivity index (χ0n) is 21.4. The number of benzene rings is 1. The summed E-state index contributed by atoms with van der Waals surface area (Å²) in [6.07, 6.45) is 16.0. The summed E-state index contributed by atoms with van der Waals surface area (Å²) < 4.78 is 15.1. The molecule has 196 valence electrons. The molecule has 1 amide bonds. The first-order valence-electron chi connectivity index (χ1n) is 14.1. The van der Waals surface area contributed by atoms with Crippen LogP contribution in [0.4, 0.5) is 4.39 Å². The summed E-state index contributed by atoms with van der Waals surface area (Å²) in [5.74, 6) is 1.21. The average molecular weight is 505 g/mol. The molecule has 6 nitrogen and oxygen atoms in total. The molecule has 1 aromatic carbocycles. The lowest BCUT2D eigenvalue weighted by atomic mass is 9.75. The van der Waals surface area contributed by atoms with Gasteiger partial charge in [0.05, 0.1) is 11.8 Å². The Balaban J connectivity index is 1.32. The number of guanidine groups is 1. The fourth-order valence-electron chi connectivity index (χ4n) is 6.75. The average Bonchev–Trinajstić information content (AvgIpc) is 2.90. The molecule has 0 radical (unpaired) electrons. The number of hydrogen-bond acceptors (Lipinski definition) is 5. The van der Waals surface area contributed by atoms with Gasteiger partial charge in [0, 0.05) is 43.0 Å². The van der Waals surface area contributed by atoms with Crippen LogP contribution in [0.25, 0.3) is 0 Å². The van der Waals surface area contributed by atoms with Crippen LogP contribution in [0.3, 0.4) is 0 Å². The molecule has 7 heteroatoms. The van der Waals surface area contributed by atoms with E-state index in [0.717, 1.165) is 50.4 Å². The lowest BCUT2D eigenvalue weighted by molar-refractivity contribution is -0.135. The van der Waals surface area contributed by atoms with Gasteiger partial charge in [-0.1, -0.05) is 43.5 Å². The van der Waals surface area contributed by atoms with Crippen molar-refractivity contribution in [3.8, 4) is 0 Å². The predicted octanol–water partition coefficient (Wildman–Crippen LogP) is 5.94. The maximum absolute atomic E-state index is 15.1. The number of likely N-dealkylation sites (tertiary alicyclic amines) is 1. The van der Waals surface area contributed by atoms with Gasteiger partial charge in [0.2, 0.25) is 11.9 Å². The molecule has 6 rings (SSSR count). The van der Waals surface area contributed by atoms with Crippen molar-refractivity contribution in [1.82, 2.24) is 9.80 Å². The molecule has 1 N–H and O–H groups in total. The molecule has 0 bridgehead atoms. The topological polar surface area (TPSA) is 68.5 Å². The molecule has 37 heavy (non-hydrogen) atoms. The zero-order chi connectivity index (χ0) is 25.4. The molecule has 4 atom stereocenters. The van der Waals surface area contributed by atoms with Crippen molar-refractivity contribution < 1.29 is 14.3 Å². The minimum Gasteiger partial charge on any atom is -0.512 e. The van der Waals surface area contributed by atoms with E-state index in [9.17, 15) is 9.90 Å². The van der Waals surface area contributed by atoms with Crippen LogP contribution in [0.2, 0.25) is 0 Å². The Labute approximate surface area is 218 Å². The van der Waals surface area contributed by atoms with Crippen molar-refractivity contribution in [1.29, 1.82) is 0 Å². The van der Waals surface area contributed by atoms with Gasteiger partial charge in [-0.25, -0.2) is 14.4 Å². The smallest absolute Gasteiger partial charge is 0.238 e. The molecular weight excluding hydrogens is 467 g/mol. The van der Waals surface area contributed by atoms with Crippen molar-refractivity contribution >= 4 is 18.1 Å². The van der Waals surface area contributed by atoms with Crippen LogP contribution in [-0.4, -0.2) is 52.1 Å². The van der Waals surface area contributed by atoms with Crippen LogP contribution in [0.1, 0.15) is 75.8 Å². The SMILES string of the molecule is O=C(C1C=NC(N2CCC3CCCCC3C2)=NC1c1ccccc1F)N(C1=CCCC(O)=C1)C1CCC1. The van der Waals surface area contributed by atoms with E-state index in [4.69, 9.17) is 9.98 Å². The Morgan fingerprint density at radius 2 is 1.86 bits per heavy atom. The largest absolute Gasteiger partial charge is 0.512 e. The third kappa shape index (κ3) is 4.85. The van der Waals surface area contributed by atoms with Gasteiger partial charge in [-0.2, -0.15) is 0 Å². The Morgan fingerprint density at radius 1 is 1.05 bits per heavy atom. The van der Waals surface area contributed by atoms with Crippen molar-refractivity contribution in [2.75, 3.05) is 13.1 Å². The van der Waals surface area contributed by atoms with E-state index in [1.807, 2.05) is 17.0 Å². The second kappa shape index (κ2) is 10.4. The van der Waals surface area contributed by atoms with E-state index < -0.39 is 12.0 Å². The van der Waals surface area contributed by atoms with Gasteiger partial charge >= 0.3 is 0 Å². The fourth-order valence-corrected chi connectivity index (χ4v) is 6.75. The highest BCUT2D eigenvalue weighted by Crippen LogP contribution is 2.39. The zero-order valence-corrected chi connectivity index (χ0v) is 21.4. The number of amides is 1. The Kier molecular flexibility index (Phi) is 6.87. The summed E-state index contributed by atoms with van der Waals surface area (Å²) in [6, 6.07) is 6.09. The molecule has 1 saturated heterocycles. The Bertz CT molecular complexity index is 1150. The predicted molar refractivity (Wildman–Crippen MR) is 143 cm³/mol. The van der Waals surface area contributed by atoms with Crippen LogP contribution in [-0.2, 0) is 4.79 Å². The van der Waals surface area contributed by atoms with Gasteiger partial charge in [0.1, 0.15) is 11.7 Å². The number of piperidine rings is 1. The second-order valence-corrected chi connectivity index (χ2v) is 11.3. The number of aliphatic hydroxyl groups is 1. The number of halogens is 1.